The number of nitrogens with zero attached hydrogens (tertiary/aromatic N) is 2. The molecule has 0 saturated carbocycles. The SMILES string of the molecule is COC(=O)c1c(-c2ccccc2)csc1NC(=O)CN1CCN(Cc2ccc3c(c2)OCO3)CC1. The molecule has 0 bridgehead atoms. The number of carbonyl (C=O) groups is 2. The Morgan fingerprint density at radius 3 is 2.51 bits per heavy atom. The highest BCUT2D eigenvalue weighted by molar-refractivity contribution is 7.15. The predicted octanol–water partition coefficient (Wildman–Crippen LogP) is 3.69. The Balaban J connectivity index is 1.16. The Hall–Kier alpha value is -3.40. The lowest BCUT2D eigenvalue weighted by Gasteiger charge is -2.34. The lowest BCUT2D eigenvalue weighted by molar-refractivity contribution is -0.117. The zero-order valence-corrected chi connectivity index (χ0v) is 20.3. The second kappa shape index (κ2) is 10.5. The van der Waals surface area contributed by atoms with Crippen LogP contribution in [0.4, 0.5) is 5.00 Å². The van der Waals surface area contributed by atoms with Crippen LogP contribution in [0.1, 0.15) is 15.9 Å². The highest BCUT2D eigenvalue weighted by atomic mass is 32.1. The molecule has 35 heavy (non-hydrogen) atoms. The first-order valence-electron chi connectivity index (χ1n) is 11.5. The average molecular weight is 494 g/mol. The fourth-order valence-electron chi connectivity index (χ4n) is 4.36. The van der Waals surface area contributed by atoms with E-state index in [9.17, 15) is 9.59 Å². The standard InChI is InChI=1S/C26H27N3O5S/c1-32-26(31)24-20(19-5-3-2-4-6-19)16-35-25(24)27-23(30)15-29-11-9-28(10-12-29)14-18-7-8-21-22(13-18)34-17-33-21/h2-8,13,16H,9-12,14-15,17H2,1H3,(H,27,30). The van der Waals surface area contributed by atoms with Crippen LogP contribution in [-0.4, -0.2) is 68.3 Å². The number of methoxy groups -OCH3 is 1. The Morgan fingerprint density at radius 2 is 1.74 bits per heavy atom. The van der Waals surface area contributed by atoms with Crippen molar-refractivity contribution in [2.75, 3.05) is 51.9 Å². The van der Waals surface area contributed by atoms with E-state index < -0.39 is 5.97 Å². The maximum absolute atomic E-state index is 12.8. The van der Waals surface area contributed by atoms with Crippen LogP contribution in [-0.2, 0) is 16.1 Å². The molecule has 0 radical (unpaired) electrons. The lowest BCUT2D eigenvalue weighted by atomic mass is 10.0. The molecule has 1 fully saturated rings. The smallest absolute Gasteiger partial charge is 0.341 e. The molecule has 2 aliphatic rings. The van der Waals surface area contributed by atoms with Crippen molar-refractivity contribution in [2.24, 2.45) is 0 Å². The molecule has 1 N–H and O–H groups in total. The zero-order valence-electron chi connectivity index (χ0n) is 19.5. The molecule has 1 aromatic heterocycles. The number of anilines is 1. The summed E-state index contributed by atoms with van der Waals surface area (Å²) in [5.74, 6) is 0.994. The van der Waals surface area contributed by atoms with Crippen molar-refractivity contribution < 1.29 is 23.8 Å². The fourth-order valence-corrected chi connectivity index (χ4v) is 5.33. The Kier molecular flexibility index (Phi) is 6.98. The van der Waals surface area contributed by atoms with E-state index in [4.69, 9.17) is 14.2 Å². The van der Waals surface area contributed by atoms with Gasteiger partial charge in [-0.05, 0) is 23.3 Å². The average Bonchev–Trinajstić information content (AvgIpc) is 3.52. The van der Waals surface area contributed by atoms with Crippen molar-refractivity contribution in [3.63, 3.8) is 0 Å². The van der Waals surface area contributed by atoms with Crippen molar-refractivity contribution in [1.29, 1.82) is 0 Å². The summed E-state index contributed by atoms with van der Waals surface area (Å²) in [6.45, 7) is 4.70. The predicted molar refractivity (Wildman–Crippen MR) is 134 cm³/mol. The van der Waals surface area contributed by atoms with Crippen molar-refractivity contribution in [3.05, 3.63) is 65.0 Å². The normalized spacial score (nSPS) is 15.7. The number of nitrogens with one attached hydrogen (secondary N) is 1. The lowest BCUT2D eigenvalue weighted by Crippen LogP contribution is -2.48. The molecule has 2 aliphatic heterocycles. The fraction of sp³-hybridized carbons (Fsp3) is 0.308. The number of carbonyl (C=O) groups excluding carboxylic acids is 2. The summed E-state index contributed by atoms with van der Waals surface area (Å²) in [4.78, 5) is 29.8. The maximum Gasteiger partial charge on any atom is 0.341 e. The molecule has 1 amide bonds. The Bertz CT molecular complexity index is 1200. The number of rotatable bonds is 7. The summed E-state index contributed by atoms with van der Waals surface area (Å²) >= 11 is 1.34. The van der Waals surface area contributed by atoms with Gasteiger partial charge in [-0.1, -0.05) is 36.4 Å². The summed E-state index contributed by atoms with van der Waals surface area (Å²) in [6.07, 6.45) is 0. The first kappa shape index (κ1) is 23.3. The van der Waals surface area contributed by atoms with Crippen LogP contribution in [0.5, 0.6) is 11.5 Å². The summed E-state index contributed by atoms with van der Waals surface area (Å²) < 4.78 is 15.9. The van der Waals surface area contributed by atoms with E-state index in [2.05, 4.69) is 21.2 Å². The molecule has 0 atom stereocenters. The van der Waals surface area contributed by atoms with Crippen LogP contribution in [0.15, 0.2) is 53.9 Å². The summed E-state index contributed by atoms with van der Waals surface area (Å²) in [5, 5.41) is 5.33. The van der Waals surface area contributed by atoms with Crippen molar-refractivity contribution in [3.8, 4) is 22.6 Å². The minimum absolute atomic E-state index is 0.138. The van der Waals surface area contributed by atoms with Gasteiger partial charge in [0.2, 0.25) is 12.7 Å². The molecule has 8 nitrogen and oxygen atoms in total. The van der Waals surface area contributed by atoms with Crippen LogP contribution in [0.25, 0.3) is 11.1 Å². The van der Waals surface area contributed by atoms with Gasteiger partial charge in [0.15, 0.2) is 11.5 Å². The van der Waals surface area contributed by atoms with Crippen molar-refractivity contribution >= 4 is 28.2 Å². The topological polar surface area (TPSA) is 80.3 Å². The van der Waals surface area contributed by atoms with Crippen LogP contribution < -0.4 is 14.8 Å². The highest BCUT2D eigenvalue weighted by Gasteiger charge is 2.24. The van der Waals surface area contributed by atoms with E-state index >= 15 is 0 Å². The van der Waals surface area contributed by atoms with Crippen molar-refractivity contribution in [2.45, 2.75) is 6.54 Å². The molecule has 182 valence electrons. The van der Waals surface area contributed by atoms with Crippen LogP contribution in [0, 0.1) is 0 Å². The second-order valence-electron chi connectivity index (χ2n) is 8.50. The van der Waals surface area contributed by atoms with Gasteiger partial charge in [0.05, 0.1) is 13.7 Å². The Morgan fingerprint density at radius 1 is 1.00 bits per heavy atom. The summed E-state index contributed by atoms with van der Waals surface area (Å²) in [6, 6.07) is 15.7. The molecule has 3 aromatic rings. The molecule has 2 aromatic carbocycles. The first-order valence-corrected chi connectivity index (χ1v) is 12.4. The van der Waals surface area contributed by atoms with Crippen LogP contribution >= 0.6 is 11.3 Å². The number of ether oxygens (including phenoxy) is 3. The molecule has 9 heteroatoms. The minimum atomic E-state index is -0.461. The number of fused-ring (bicyclic) bond motifs is 1. The monoisotopic (exact) mass is 493 g/mol. The number of hydrogen-bond acceptors (Lipinski definition) is 8. The van der Waals surface area contributed by atoms with E-state index in [0.717, 1.165) is 55.3 Å². The van der Waals surface area contributed by atoms with Gasteiger partial charge in [0, 0.05) is 43.7 Å². The highest BCUT2D eigenvalue weighted by Crippen LogP contribution is 2.36. The van der Waals surface area contributed by atoms with E-state index in [-0.39, 0.29) is 19.2 Å². The van der Waals surface area contributed by atoms with Gasteiger partial charge in [0.1, 0.15) is 10.6 Å². The van der Waals surface area contributed by atoms with E-state index in [0.29, 0.717) is 10.6 Å². The molecule has 0 aliphatic carbocycles. The largest absolute Gasteiger partial charge is 0.465 e. The maximum atomic E-state index is 12.8. The Labute approximate surface area is 208 Å². The van der Waals surface area contributed by atoms with Gasteiger partial charge in [-0.2, -0.15) is 0 Å². The molecule has 1 saturated heterocycles. The van der Waals surface area contributed by atoms with Gasteiger partial charge >= 0.3 is 5.97 Å². The molecule has 0 unspecified atom stereocenters. The van der Waals surface area contributed by atoms with Gasteiger partial charge in [-0.3, -0.25) is 14.6 Å². The second-order valence-corrected chi connectivity index (χ2v) is 9.38. The first-order chi connectivity index (χ1) is 17.1. The molecule has 3 heterocycles. The number of esters is 1. The third-order valence-corrected chi connectivity index (χ3v) is 7.09. The van der Waals surface area contributed by atoms with Gasteiger partial charge < -0.3 is 19.5 Å². The number of thiophene rings is 1. The van der Waals surface area contributed by atoms with Gasteiger partial charge in [-0.15, -0.1) is 11.3 Å². The number of amides is 1. The summed E-state index contributed by atoms with van der Waals surface area (Å²) in [5.41, 5.74) is 3.24. The minimum Gasteiger partial charge on any atom is -0.465 e. The van der Waals surface area contributed by atoms with E-state index in [1.54, 1.807) is 0 Å². The number of hydrogen-bond donors (Lipinski definition) is 1. The molecular weight excluding hydrogens is 466 g/mol. The van der Waals surface area contributed by atoms with Crippen molar-refractivity contribution in [1.82, 2.24) is 9.80 Å². The summed E-state index contributed by atoms with van der Waals surface area (Å²) in [7, 11) is 1.35. The zero-order chi connectivity index (χ0) is 24.2. The third kappa shape index (κ3) is 5.32. The molecule has 5 rings (SSSR count). The number of piperazine rings is 1. The quantitative estimate of drug-likeness (QED) is 0.503. The molecular formula is C26H27N3O5S. The van der Waals surface area contributed by atoms with E-state index in [1.807, 2.05) is 47.8 Å². The number of benzene rings is 2. The molecule has 0 spiro atoms. The van der Waals surface area contributed by atoms with Gasteiger partial charge in [-0.25, -0.2) is 4.79 Å². The van der Waals surface area contributed by atoms with Gasteiger partial charge in [0.25, 0.3) is 0 Å². The van der Waals surface area contributed by atoms with Crippen LogP contribution in [0.2, 0.25) is 0 Å². The van der Waals surface area contributed by atoms with E-state index in [1.165, 1.54) is 24.0 Å². The van der Waals surface area contributed by atoms with Crippen LogP contribution in [0.3, 0.4) is 0 Å². The third-order valence-electron chi connectivity index (χ3n) is 6.19.